The third-order valence-electron chi connectivity index (χ3n) is 3.30. The lowest BCUT2D eigenvalue weighted by atomic mass is 10.1. The maximum absolute atomic E-state index is 11.0. The molecule has 2 aliphatic heterocycles. The molecule has 2 heterocycles. The maximum Gasteiger partial charge on any atom is 0.0359 e. The van der Waals surface area contributed by atoms with E-state index in [2.05, 4.69) is 10.2 Å². The monoisotopic (exact) mass is 216 g/mol. The minimum absolute atomic E-state index is 0.637. The van der Waals surface area contributed by atoms with Gasteiger partial charge in [-0.3, -0.25) is 4.21 Å². The normalized spacial score (nSPS) is 35.5. The molecule has 82 valence electrons. The van der Waals surface area contributed by atoms with Crippen LogP contribution in [0, 0.1) is 0 Å². The highest BCUT2D eigenvalue weighted by Crippen LogP contribution is 2.19. The molecule has 0 aromatic heterocycles. The Morgan fingerprint density at radius 1 is 1.36 bits per heavy atom. The van der Waals surface area contributed by atoms with Gasteiger partial charge in [-0.05, 0) is 25.8 Å². The second kappa shape index (κ2) is 4.73. The lowest BCUT2D eigenvalue weighted by molar-refractivity contribution is 0.273. The number of nitrogens with zero attached hydrogens (tertiary/aromatic N) is 1. The fourth-order valence-corrected chi connectivity index (χ4v) is 2.99. The largest absolute Gasteiger partial charge is 0.310 e. The molecule has 0 aliphatic carbocycles. The summed E-state index contributed by atoms with van der Waals surface area (Å²) in [5.74, 6) is 0.831. The van der Waals surface area contributed by atoms with Crippen LogP contribution in [0.25, 0.3) is 0 Å². The molecule has 3 nitrogen and oxygen atoms in total. The average Bonchev–Trinajstić information content (AvgIpc) is 2.44. The third kappa shape index (κ3) is 2.78. The smallest absolute Gasteiger partial charge is 0.0359 e. The van der Waals surface area contributed by atoms with Crippen LogP contribution in [0.15, 0.2) is 0 Å². The zero-order valence-corrected chi connectivity index (χ0v) is 9.68. The van der Waals surface area contributed by atoms with Crippen LogP contribution >= 0.6 is 0 Å². The van der Waals surface area contributed by atoms with Gasteiger partial charge in [-0.15, -0.1) is 0 Å². The van der Waals surface area contributed by atoms with Crippen LogP contribution in [0.2, 0.25) is 0 Å². The van der Waals surface area contributed by atoms with Crippen molar-refractivity contribution in [1.29, 1.82) is 0 Å². The second-order valence-electron chi connectivity index (χ2n) is 4.50. The van der Waals surface area contributed by atoms with Crippen molar-refractivity contribution in [3.05, 3.63) is 0 Å². The Hall–Kier alpha value is 0.0700. The van der Waals surface area contributed by atoms with Crippen molar-refractivity contribution < 1.29 is 4.21 Å². The zero-order chi connectivity index (χ0) is 9.97. The highest BCUT2D eigenvalue weighted by molar-refractivity contribution is 7.84. The van der Waals surface area contributed by atoms with Crippen LogP contribution in [-0.4, -0.2) is 52.8 Å². The van der Waals surface area contributed by atoms with Crippen molar-refractivity contribution >= 4 is 10.8 Å². The number of hydrogen-bond donors (Lipinski definition) is 1. The summed E-state index contributed by atoms with van der Waals surface area (Å²) in [6.45, 7) is 3.35. The Morgan fingerprint density at radius 3 is 2.93 bits per heavy atom. The van der Waals surface area contributed by atoms with Crippen LogP contribution in [0.1, 0.15) is 19.3 Å². The molecule has 0 amide bonds. The van der Waals surface area contributed by atoms with E-state index in [1.807, 2.05) is 0 Å². The molecule has 2 rings (SSSR count). The van der Waals surface area contributed by atoms with E-state index in [0.29, 0.717) is 6.04 Å². The predicted octanol–water partition coefficient (Wildman–Crippen LogP) is 0.191. The Labute approximate surface area is 88.7 Å². The molecule has 0 spiro atoms. The van der Waals surface area contributed by atoms with Gasteiger partial charge < -0.3 is 10.2 Å². The molecule has 14 heavy (non-hydrogen) atoms. The minimum atomic E-state index is -0.637. The molecule has 1 N–H and O–H groups in total. The minimum Gasteiger partial charge on any atom is -0.310 e. The topological polar surface area (TPSA) is 32.3 Å². The predicted molar refractivity (Wildman–Crippen MR) is 59.9 cm³/mol. The molecular formula is C10H20N2OS. The SMILES string of the molecule is CS(=O)CCN1CCC2CCC(C1)N2. The van der Waals surface area contributed by atoms with E-state index in [-0.39, 0.29) is 0 Å². The highest BCUT2D eigenvalue weighted by atomic mass is 32.2. The summed E-state index contributed by atoms with van der Waals surface area (Å²) in [7, 11) is -0.637. The Morgan fingerprint density at radius 2 is 2.14 bits per heavy atom. The van der Waals surface area contributed by atoms with Gasteiger partial charge in [0.2, 0.25) is 0 Å². The number of fused-ring (bicyclic) bond motifs is 2. The first-order chi connectivity index (χ1) is 6.74. The van der Waals surface area contributed by atoms with E-state index < -0.39 is 10.8 Å². The number of nitrogens with one attached hydrogen (secondary N) is 1. The lowest BCUT2D eigenvalue weighted by Crippen LogP contribution is -2.37. The summed E-state index contributed by atoms with van der Waals surface area (Å²) in [5.41, 5.74) is 0. The van der Waals surface area contributed by atoms with Gasteiger partial charge >= 0.3 is 0 Å². The maximum atomic E-state index is 11.0. The van der Waals surface area contributed by atoms with Crippen LogP contribution in [0.4, 0.5) is 0 Å². The van der Waals surface area contributed by atoms with Gasteiger partial charge in [-0.2, -0.15) is 0 Å². The molecule has 4 heteroatoms. The number of rotatable bonds is 3. The first-order valence-electron chi connectivity index (χ1n) is 5.52. The van der Waals surface area contributed by atoms with Gasteiger partial charge in [-0.1, -0.05) is 0 Å². The van der Waals surface area contributed by atoms with Crippen molar-refractivity contribution in [2.45, 2.75) is 31.3 Å². The molecule has 2 saturated heterocycles. The molecule has 2 fully saturated rings. The van der Waals surface area contributed by atoms with Crippen LogP contribution in [-0.2, 0) is 10.8 Å². The van der Waals surface area contributed by atoms with Gasteiger partial charge in [0.15, 0.2) is 0 Å². The first-order valence-corrected chi connectivity index (χ1v) is 7.25. The third-order valence-corrected chi connectivity index (χ3v) is 4.06. The van der Waals surface area contributed by atoms with Crippen molar-refractivity contribution in [1.82, 2.24) is 10.2 Å². The van der Waals surface area contributed by atoms with Gasteiger partial charge in [-0.25, -0.2) is 0 Å². The van der Waals surface area contributed by atoms with E-state index in [9.17, 15) is 4.21 Å². The van der Waals surface area contributed by atoms with Gasteiger partial charge in [0, 0.05) is 48.0 Å². The molecule has 3 unspecified atom stereocenters. The van der Waals surface area contributed by atoms with Crippen molar-refractivity contribution in [2.24, 2.45) is 0 Å². The molecule has 0 aromatic rings. The van der Waals surface area contributed by atoms with Gasteiger partial charge in [0.1, 0.15) is 0 Å². The van der Waals surface area contributed by atoms with Crippen LogP contribution in [0.5, 0.6) is 0 Å². The van der Waals surface area contributed by atoms with Crippen molar-refractivity contribution in [3.8, 4) is 0 Å². The highest BCUT2D eigenvalue weighted by Gasteiger charge is 2.28. The average molecular weight is 216 g/mol. The van der Waals surface area contributed by atoms with E-state index in [4.69, 9.17) is 0 Å². The summed E-state index contributed by atoms with van der Waals surface area (Å²) >= 11 is 0. The van der Waals surface area contributed by atoms with E-state index in [1.54, 1.807) is 6.26 Å². The summed E-state index contributed by atoms with van der Waals surface area (Å²) in [5, 5.41) is 3.65. The van der Waals surface area contributed by atoms with Crippen molar-refractivity contribution in [2.75, 3.05) is 31.6 Å². The first kappa shape index (κ1) is 10.6. The Bertz CT molecular complexity index is 222. The molecule has 0 aromatic carbocycles. The molecule has 2 aliphatic rings. The fourth-order valence-electron chi connectivity index (χ4n) is 2.48. The van der Waals surface area contributed by atoms with Crippen molar-refractivity contribution in [3.63, 3.8) is 0 Å². The van der Waals surface area contributed by atoms with E-state index in [1.165, 1.54) is 25.8 Å². The summed E-state index contributed by atoms with van der Waals surface area (Å²) < 4.78 is 11.0. The summed E-state index contributed by atoms with van der Waals surface area (Å²) in [6.07, 6.45) is 5.75. The van der Waals surface area contributed by atoms with Crippen LogP contribution < -0.4 is 5.32 Å². The molecule has 3 atom stereocenters. The molecule has 0 radical (unpaired) electrons. The number of likely N-dealkylation sites (tertiary alicyclic amines) is 1. The van der Waals surface area contributed by atoms with E-state index >= 15 is 0 Å². The Kier molecular flexibility index (Phi) is 3.57. The zero-order valence-electron chi connectivity index (χ0n) is 8.87. The number of hydrogen-bond acceptors (Lipinski definition) is 3. The summed E-state index contributed by atoms with van der Waals surface area (Å²) in [4.78, 5) is 2.47. The molecule has 0 saturated carbocycles. The summed E-state index contributed by atoms with van der Waals surface area (Å²) in [6, 6.07) is 1.46. The standard InChI is InChI=1S/C10H20N2OS/c1-14(13)7-6-12-5-4-9-2-3-10(8-12)11-9/h9-11H,2-8H2,1H3. The van der Waals surface area contributed by atoms with Gasteiger partial charge in [0.25, 0.3) is 0 Å². The Balaban J connectivity index is 1.80. The lowest BCUT2D eigenvalue weighted by Gasteiger charge is -2.23. The van der Waals surface area contributed by atoms with Gasteiger partial charge in [0.05, 0.1) is 0 Å². The van der Waals surface area contributed by atoms with Crippen LogP contribution in [0.3, 0.4) is 0 Å². The molecule has 2 bridgehead atoms. The van der Waals surface area contributed by atoms with E-state index in [0.717, 1.165) is 24.9 Å². The quantitative estimate of drug-likeness (QED) is 0.731. The molecular weight excluding hydrogens is 196 g/mol. The fraction of sp³-hybridized carbons (Fsp3) is 1.00. The second-order valence-corrected chi connectivity index (χ2v) is 6.06.